The standard InChI is InChI=1S/C6H14N2O2/c1-5(4-7-3)6(2)8(9)10/h5-7H,4H2,1-3H3. The molecule has 0 saturated heterocycles. The Kier molecular flexibility index (Phi) is 3.95. The molecule has 0 aliphatic heterocycles. The summed E-state index contributed by atoms with van der Waals surface area (Å²) in [6.07, 6.45) is 0. The van der Waals surface area contributed by atoms with Crippen molar-refractivity contribution in [3.05, 3.63) is 10.1 Å². The molecule has 0 heterocycles. The molecule has 2 atom stereocenters. The number of nitrogens with zero attached hydrogens (tertiary/aromatic N) is 1. The van der Waals surface area contributed by atoms with Crippen LogP contribution in [0.3, 0.4) is 0 Å². The van der Waals surface area contributed by atoms with Crippen molar-refractivity contribution in [3.8, 4) is 0 Å². The van der Waals surface area contributed by atoms with Crippen LogP contribution < -0.4 is 5.32 Å². The van der Waals surface area contributed by atoms with Gasteiger partial charge in [0.15, 0.2) is 0 Å². The highest BCUT2D eigenvalue weighted by Crippen LogP contribution is 2.03. The van der Waals surface area contributed by atoms with E-state index in [0.29, 0.717) is 6.54 Å². The molecule has 2 unspecified atom stereocenters. The fourth-order valence-electron chi connectivity index (χ4n) is 0.700. The van der Waals surface area contributed by atoms with Crippen LogP contribution in [-0.4, -0.2) is 24.6 Å². The molecule has 0 aliphatic carbocycles. The van der Waals surface area contributed by atoms with Crippen LogP contribution in [-0.2, 0) is 0 Å². The predicted molar refractivity (Wildman–Crippen MR) is 39.5 cm³/mol. The molecule has 4 nitrogen and oxygen atoms in total. The van der Waals surface area contributed by atoms with Crippen molar-refractivity contribution in [2.75, 3.05) is 13.6 Å². The minimum atomic E-state index is -0.451. The lowest BCUT2D eigenvalue weighted by Gasteiger charge is -2.11. The third-order valence-corrected chi connectivity index (χ3v) is 1.68. The third kappa shape index (κ3) is 2.77. The summed E-state index contributed by atoms with van der Waals surface area (Å²) in [6, 6.07) is -0.451. The molecule has 10 heavy (non-hydrogen) atoms. The molecule has 60 valence electrons. The van der Waals surface area contributed by atoms with Crippen LogP contribution in [0.4, 0.5) is 0 Å². The van der Waals surface area contributed by atoms with E-state index in [1.54, 1.807) is 14.0 Å². The fraction of sp³-hybridized carbons (Fsp3) is 1.00. The number of nitrogens with one attached hydrogen (secondary N) is 1. The number of hydrogen-bond donors (Lipinski definition) is 1. The molecule has 0 fully saturated rings. The van der Waals surface area contributed by atoms with Gasteiger partial charge in [-0.05, 0) is 7.05 Å². The minimum absolute atomic E-state index is 0.0972. The second-order valence-corrected chi connectivity index (χ2v) is 2.56. The van der Waals surface area contributed by atoms with E-state index in [2.05, 4.69) is 5.32 Å². The lowest BCUT2D eigenvalue weighted by atomic mass is 10.1. The van der Waals surface area contributed by atoms with Crippen LogP contribution in [0.2, 0.25) is 0 Å². The summed E-state index contributed by atoms with van der Waals surface area (Å²) in [5.41, 5.74) is 0. The maximum Gasteiger partial charge on any atom is 0.214 e. The number of nitro groups is 1. The fourth-order valence-corrected chi connectivity index (χ4v) is 0.700. The highest BCUT2D eigenvalue weighted by molar-refractivity contribution is 4.61. The minimum Gasteiger partial charge on any atom is -0.319 e. The first-order valence-corrected chi connectivity index (χ1v) is 3.37. The predicted octanol–water partition coefficient (Wildman–Crippen LogP) is 0.507. The topological polar surface area (TPSA) is 55.2 Å². The highest BCUT2D eigenvalue weighted by atomic mass is 16.6. The van der Waals surface area contributed by atoms with Gasteiger partial charge in [0.2, 0.25) is 6.04 Å². The molecule has 0 aromatic heterocycles. The van der Waals surface area contributed by atoms with Gasteiger partial charge in [-0.1, -0.05) is 6.92 Å². The Labute approximate surface area is 60.8 Å². The first kappa shape index (κ1) is 9.36. The molecule has 0 bridgehead atoms. The maximum atomic E-state index is 10.2. The Morgan fingerprint density at radius 1 is 1.60 bits per heavy atom. The van der Waals surface area contributed by atoms with Crippen molar-refractivity contribution in [1.82, 2.24) is 5.32 Å². The van der Waals surface area contributed by atoms with Crippen LogP contribution in [0.5, 0.6) is 0 Å². The van der Waals surface area contributed by atoms with Crippen molar-refractivity contribution in [1.29, 1.82) is 0 Å². The average molecular weight is 146 g/mol. The normalized spacial score (nSPS) is 16.3. The van der Waals surface area contributed by atoms with Crippen LogP contribution in [0.1, 0.15) is 13.8 Å². The van der Waals surface area contributed by atoms with E-state index in [-0.39, 0.29) is 10.8 Å². The summed E-state index contributed by atoms with van der Waals surface area (Å²) < 4.78 is 0. The van der Waals surface area contributed by atoms with E-state index < -0.39 is 6.04 Å². The summed E-state index contributed by atoms with van der Waals surface area (Å²) in [5.74, 6) is 0.0972. The summed E-state index contributed by atoms with van der Waals surface area (Å²) in [5, 5.41) is 13.1. The first-order chi connectivity index (χ1) is 4.59. The smallest absolute Gasteiger partial charge is 0.214 e. The molecule has 4 heteroatoms. The van der Waals surface area contributed by atoms with Crippen LogP contribution in [0.15, 0.2) is 0 Å². The monoisotopic (exact) mass is 146 g/mol. The molecule has 0 radical (unpaired) electrons. The molecule has 1 N–H and O–H groups in total. The zero-order valence-corrected chi connectivity index (χ0v) is 6.63. The second kappa shape index (κ2) is 4.22. The van der Waals surface area contributed by atoms with Gasteiger partial charge in [0.1, 0.15) is 0 Å². The Balaban J connectivity index is 3.69. The molecule has 0 aromatic rings. The van der Waals surface area contributed by atoms with Crippen molar-refractivity contribution >= 4 is 0 Å². The quantitative estimate of drug-likeness (QED) is 0.464. The average Bonchev–Trinajstić information content (AvgIpc) is 1.87. The number of rotatable bonds is 4. The van der Waals surface area contributed by atoms with Gasteiger partial charge < -0.3 is 5.32 Å². The maximum absolute atomic E-state index is 10.2. The van der Waals surface area contributed by atoms with Gasteiger partial charge in [-0.3, -0.25) is 10.1 Å². The Hall–Kier alpha value is -0.640. The molecule has 0 rings (SSSR count). The zero-order chi connectivity index (χ0) is 8.15. The van der Waals surface area contributed by atoms with E-state index in [4.69, 9.17) is 0 Å². The molecule has 0 aromatic carbocycles. The number of hydrogen-bond acceptors (Lipinski definition) is 3. The summed E-state index contributed by atoms with van der Waals surface area (Å²) in [6.45, 7) is 4.19. The largest absolute Gasteiger partial charge is 0.319 e. The van der Waals surface area contributed by atoms with Crippen LogP contribution in [0.25, 0.3) is 0 Å². The second-order valence-electron chi connectivity index (χ2n) is 2.56. The van der Waals surface area contributed by atoms with Gasteiger partial charge in [0.25, 0.3) is 0 Å². The summed E-state index contributed by atoms with van der Waals surface area (Å²) in [7, 11) is 1.79. The lowest BCUT2D eigenvalue weighted by molar-refractivity contribution is -0.526. The lowest BCUT2D eigenvalue weighted by Crippen LogP contribution is -2.30. The van der Waals surface area contributed by atoms with Gasteiger partial charge in [-0.2, -0.15) is 0 Å². The van der Waals surface area contributed by atoms with Crippen molar-refractivity contribution in [3.63, 3.8) is 0 Å². The van der Waals surface area contributed by atoms with E-state index in [1.165, 1.54) is 0 Å². The van der Waals surface area contributed by atoms with Gasteiger partial charge in [-0.15, -0.1) is 0 Å². The third-order valence-electron chi connectivity index (χ3n) is 1.68. The van der Waals surface area contributed by atoms with E-state index >= 15 is 0 Å². The van der Waals surface area contributed by atoms with E-state index in [0.717, 1.165) is 0 Å². The molecule has 0 aliphatic rings. The highest BCUT2D eigenvalue weighted by Gasteiger charge is 2.20. The van der Waals surface area contributed by atoms with Gasteiger partial charge in [0, 0.05) is 24.3 Å². The van der Waals surface area contributed by atoms with Gasteiger partial charge in [0.05, 0.1) is 0 Å². The SMILES string of the molecule is CNCC(C)C(C)[N+](=O)[O-]. The molecule has 0 spiro atoms. The van der Waals surface area contributed by atoms with E-state index in [1.807, 2.05) is 6.92 Å². The Bertz CT molecular complexity index is 116. The van der Waals surface area contributed by atoms with E-state index in [9.17, 15) is 10.1 Å². The van der Waals surface area contributed by atoms with Crippen molar-refractivity contribution in [2.24, 2.45) is 5.92 Å². The molecular formula is C6H14N2O2. The molecule has 0 amide bonds. The summed E-state index contributed by atoms with van der Waals surface area (Å²) in [4.78, 5) is 9.95. The van der Waals surface area contributed by atoms with Crippen LogP contribution >= 0.6 is 0 Å². The Morgan fingerprint density at radius 3 is 2.40 bits per heavy atom. The van der Waals surface area contributed by atoms with Gasteiger partial charge >= 0.3 is 0 Å². The summed E-state index contributed by atoms with van der Waals surface area (Å²) >= 11 is 0. The van der Waals surface area contributed by atoms with Crippen molar-refractivity contribution < 1.29 is 4.92 Å². The van der Waals surface area contributed by atoms with Crippen LogP contribution in [0, 0.1) is 16.0 Å². The Morgan fingerprint density at radius 2 is 2.10 bits per heavy atom. The van der Waals surface area contributed by atoms with Crippen molar-refractivity contribution in [2.45, 2.75) is 19.9 Å². The van der Waals surface area contributed by atoms with Gasteiger partial charge in [-0.25, -0.2) is 0 Å². The zero-order valence-electron chi connectivity index (χ0n) is 6.63. The molecular weight excluding hydrogens is 132 g/mol. The molecule has 0 saturated carbocycles. The first-order valence-electron chi connectivity index (χ1n) is 3.37.